The maximum atomic E-state index is 12.7. The quantitative estimate of drug-likeness (QED) is 0.0263. The van der Waals surface area contributed by atoms with E-state index in [0.717, 1.165) is 51.4 Å². The van der Waals surface area contributed by atoms with Gasteiger partial charge in [-0.05, 0) is 65.5 Å². The summed E-state index contributed by atoms with van der Waals surface area (Å²) in [6.45, 7) is 6.73. The van der Waals surface area contributed by atoms with E-state index < -0.39 is 24.1 Å². The van der Waals surface area contributed by atoms with Crippen LogP contribution >= 0.6 is 0 Å². The molecule has 0 heterocycles. The fourth-order valence-electron chi connectivity index (χ4n) is 6.03. The van der Waals surface area contributed by atoms with Crippen LogP contribution in [-0.2, 0) is 33.3 Å². The Labute approximate surface area is 349 Å². The molecule has 0 fully saturated rings. The Morgan fingerprint density at radius 2 is 0.982 bits per heavy atom. The van der Waals surface area contributed by atoms with Crippen LogP contribution < -0.4 is 0 Å². The summed E-state index contributed by atoms with van der Waals surface area (Å²) in [6, 6.07) is 0. The Hall–Kier alpha value is -3.23. The van der Waals surface area contributed by atoms with E-state index in [4.69, 9.17) is 18.9 Å². The molecule has 0 saturated heterocycles. The number of esters is 3. The minimum absolute atomic E-state index is 0.0823. The summed E-state index contributed by atoms with van der Waals surface area (Å²) in [5.41, 5.74) is 0. The summed E-state index contributed by atoms with van der Waals surface area (Å²) in [5.74, 6) is -1.33. The minimum Gasteiger partial charge on any atom is -0.462 e. The van der Waals surface area contributed by atoms with Crippen LogP contribution in [0.4, 0.5) is 0 Å². The molecule has 0 bridgehead atoms. The van der Waals surface area contributed by atoms with Crippen LogP contribution in [0.25, 0.3) is 0 Å². The molecule has 8 nitrogen and oxygen atoms in total. The molecule has 2 atom stereocenters. The number of hydrogen-bond donors (Lipinski definition) is 0. The molecule has 0 N–H and O–H groups in total. The van der Waals surface area contributed by atoms with Gasteiger partial charge < -0.3 is 23.8 Å². The van der Waals surface area contributed by atoms with E-state index in [0.29, 0.717) is 19.6 Å². The standard InChI is InChI=1S/C49H83NO7/c1-6-8-10-12-14-16-18-20-22-23-24-25-26-27-29-31-33-35-37-39-48(52)57-47(44-55-49(53)41-46(42-50(4)5)56-45(3)51)43-54-40-38-36-34-32-30-28-21-19-17-15-13-11-9-7-2/h8,10,14,16,20,22,24-25,27,29,33,35,46-47H,6-7,9,11-13,15,17-19,21,23,26,28,30-32,34,36-44H2,1-5H3. The zero-order valence-electron chi connectivity index (χ0n) is 37.0. The summed E-state index contributed by atoms with van der Waals surface area (Å²) in [5, 5.41) is 0. The topological polar surface area (TPSA) is 91.4 Å². The molecular formula is C49H83NO7. The predicted octanol–water partition coefficient (Wildman–Crippen LogP) is 12.3. The van der Waals surface area contributed by atoms with Crippen LogP contribution in [0.2, 0.25) is 0 Å². The van der Waals surface area contributed by atoms with Crippen LogP contribution in [0, 0.1) is 0 Å². The van der Waals surface area contributed by atoms with Gasteiger partial charge >= 0.3 is 17.9 Å². The molecule has 0 aliphatic rings. The van der Waals surface area contributed by atoms with Gasteiger partial charge in [0, 0.05) is 26.5 Å². The lowest BCUT2D eigenvalue weighted by molar-refractivity contribution is -0.165. The first-order chi connectivity index (χ1) is 27.8. The van der Waals surface area contributed by atoms with Gasteiger partial charge in [-0.3, -0.25) is 14.4 Å². The molecule has 0 aromatic carbocycles. The fraction of sp³-hybridized carbons (Fsp3) is 0.694. The third-order valence-electron chi connectivity index (χ3n) is 9.08. The summed E-state index contributed by atoms with van der Waals surface area (Å²) in [6.07, 6.45) is 49.0. The van der Waals surface area contributed by atoms with E-state index >= 15 is 0 Å². The monoisotopic (exact) mass is 798 g/mol. The molecule has 8 heteroatoms. The van der Waals surface area contributed by atoms with Gasteiger partial charge in [0.2, 0.25) is 0 Å². The summed E-state index contributed by atoms with van der Waals surface area (Å²) in [4.78, 5) is 38.7. The summed E-state index contributed by atoms with van der Waals surface area (Å²) >= 11 is 0. The molecule has 2 unspecified atom stereocenters. The lowest BCUT2D eigenvalue weighted by atomic mass is 10.0. The van der Waals surface area contributed by atoms with Crippen molar-refractivity contribution in [3.8, 4) is 0 Å². The van der Waals surface area contributed by atoms with Crippen LogP contribution in [-0.4, -0.2) is 75.5 Å². The van der Waals surface area contributed by atoms with Crippen molar-refractivity contribution in [1.82, 2.24) is 4.90 Å². The number of carbonyl (C=O) groups excluding carboxylic acids is 3. The molecule has 0 amide bonds. The number of hydrogen-bond acceptors (Lipinski definition) is 8. The van der Waals surface area contributed by atoms with Gasteiger partial charge in [0.15, 0.2) is 6.10 Å². The number of rotatable bonds is 39. The number of ether oxygens (including phenoxy) is 4. The maximum absolute atomic E-state index is 12.7. The zero-order chi connectivity index (χ0) is 41.9. The van der Waals surface area contributed by atoms with E-state index in [1.807, 2.05) is 31.1 Å². The van der Waals surface area contributed by atoms with E-state index in [1.165, 1.54) is 84.0 Å². The molecule has 0 aliphatic carbocycles. The highest BCUT2D eigenvalue weighted by Gasteiger charge is 2.22. The predicted molar refractivity (Wildman–Crippen MR) is 238 cm³/mol. The highest BCUT2D eigenvalue weighted by atomic mass is 16.6. The molecule has 0 rings (SSSR count). The second-order valence-electron chi connectivity index (χ2n) is 15.1. The van der Waals surface area contributed by atoms with E-state index in [9.17, 15) is 14.4 Å². The number of unbranched alkanes of at least 4 members (excludes halogenated alkanes) is 13. The number of allylic oxidation sites excluding steroid dienone is 12. The Morgan fingerprint density at radius 1 is 0.526 bits per heavy atom. The Balaban J connectivity index is 4.51. The number of nitrogens with zero attached hydrogens (tertiary/aromatic N) is 1. The van der Waals surface area contributed by atoms with E-state index in [2.05, 4.69) is 74.6 Å². The molecule has 326 valence electrons. The molecular weight excluding hydrogens is 715 g/mol. The molecule has 0 radical (unpaired) electrons. The Kier molecular flexibility index (Phi) is 40.0. The second-order valence-corrected chi connectivity index (χ2v) is 15.1. The number of likely N-dealkylation sites (N-methyl/N-ethyl adjacent to an activating group) is 1. The number of carbonyl (C=O) groups is 3. The molecule has 0 aromatic heterocycles. The lowest BCUT2D eigenvalue weighted by Gasteiger charge is -2.21. The van der Waals surface area contributed by atoms with Crippen LogP contribution in [0.15, 0.2) is 72.9 Å². The third-order valence-corrected chi connectivity index (χ3v) is 9.08. The minimum atomic E-state index is -0.709. The van der Waals surface area contributed by atoms with Crippen molar-refractivity contribution in [3.05, 3.63) is 72.9 Å². The largest absolute Gasteiger partial charge is 0.462 e. The average Bonchev–Trinajstić information content (AvgIpc) is 3.17. The molecule has 0 saturated carbocycles. The second kappa shape index (κ2) is 42.4. The van der Waals surface area contributed by atoms with Gasteiger partial charge in [0.1, 0.15) is 12.7 Å². The molecule has 0 aliphatic heterocycles. The first-order valence-corrected chi connectivity index (χ1v) is 22.4. The Bertz CT molecular complexity index is 1140. The van der Waals surface area contributed by atoms with Crippen LogP contribution in [0.5, 0.6) is 0 Å². The smallest absolute Gasteiger partial charge is 0.309 e. The van der Waals surface area contributed by atoms with Crippen molar-refractivity contribution < 1.29 is 33.3 Å². The van der Waals surface area contributed by atoms with Gasteiger partial charge in [-0.15, -0.1) is 0 Å². The van der Waals surface area contributed by atoms with E-state index in [1.54, 1.807) is 0 Å². The normalized spacial score (nSPS) is 13.4. The Morgan fingerprint density at radius 3 is 1.44 bits per heavy atom. The zero-order valence-corrected chi connectivity index (χ0v) is 37.0. The van der Waals surface area contributed by atoms with Gasteiger partial charge in [0.05, 0.1) is 13.0 Å². The lowest BCUT2D eigenvalue weighted by Crippen LogP contribution is -2.34. The van der Waals surface area contributed by atoms with Gasteiger partial charge in [-0.2, -0.15) is 0 Å². The SMILES string of the molecule is CCC=CCC=CCC=CCC=CCC=CCC=CCCC(=O)OC(COCCCCCCCCCCCCCCCC)COC(=O)CC(CN(C)C)OC(C)=O. The first kappa shape index (κ1) is 53.8. The third kappa shape index (κ3) is 42.2. The highest BCUT2D eigenvalue weighted by molar-refractivity contribution is 5.72. The van der Waals surface area contributed by atoms with Crippen molar-refractivity contribution in [3.63, 3.8) is 0 Å². The van der Waals surface area contributed by atoms with Crippen molar-refractivity contribution >= 4 is 17.9 Å². The van der Waals surface area contributed by atoms with Crippen LogP contribution in [0.1, 0.15) is 168 Å². The van der Waals surface area contributed by atoms with Gasteiger partial charge in [-0.25, -0.2) is 0 Å². The van der Waals surface area contributed by atoms with Crippen LogP contribution in [0.3, 0.4) is 0 Å². The van der Waals surface area contributed by atoms with Crippen molar-refractivity contribution in [1.29, 1.82) is 0 Å². The first-order valence-electron chi connectivity index (χ1n) is 22.4. The molecule has 57 heavy (non-hydrogen) atoms. The van der Waals surface area contributed by atoms with Gasteiger partial charge in [-0.1, -0.05) is 170 Å². The van der Waals surface area contributed by atoms with E-state index in [-0.39, 0.29) is 32.0 Å². The average molecular weight is 798 g/mol. The molecule has 0 aromatic rings. The highest BCUT2D eigenvalue weighted by Crippen LogP contribution is 2.13. The summed E-state index contributed by atoms with van der Waals surface area (Å²) in [7, 11) is 3.68. The molecule has 0 spiro atoms. The van der Waals surface area contributed by atoms with Gasteiger partial charge in [0.25, 0.3) is 0 Å². The fourth-order valence-corrected chi connectivity index (χ4v) is 6.03. The van der Waals surface area contributed by atoms with Crippen molar-refractivity contribution in [2.24, 2.45) is 0 Å². The van der Waals surface area contributed by atoms with Crippen molar-refractivity contribution in [2.45, 2.75) is 181 Å². The summed E-state index contributed by atoms with van der Waals surface area (Å²) < 4.78 is 22.4. The maximum Gasteiger partial charge on any atom is 0.309 e. The van der Waals surface area contributed by atoms with Crippen molar-refractivity contribution in [2.75, 3.05) is 40.5 Å².